The van der Waals surface area contributed by atoms with Gasteiger partial charge < -0.3 is 4.74 Å². The topological polar surface area (TPSA) is 35.0 Å². The molecule has 0 amide bonds. The summed E-state index contributed by atoms with van der Waals surface area (Å²) in [5.74, 6) is 7.27. The Labute approximate surface area is 200 Å². The summed E-state index contributed by atoms with van der Waals surface area (Å²) in [4.78, 5) is 8.85. The van der Waals surface area contributed by atoms with Crippen molar-refractivity contribution in [2.24, 2.45) is 0 Å². The molecule has 3 rings (SSSR count). The third-order valence-electron chi connectivity index (χ3n) is 5.23. The van der Waals surface area contributed by atoms with E-state index in [9.17, 15) is 0 Å². The summed E-state index contributed by atoms with van der Waals surface area (Å²) in [5.41, 5.74) is 3.51. The van der Waals surface area contributed by atoms with Crippen LogP contribution < -0.4 is 4.74 Å². The molecule has 0 spiro atoms. The number of unbranched alkanes of at least 4 members (excludes halogenated alkanes) is 7. The maximum Gasteiger partial charge on any atom is 0.119 e. The maximum absolute atomic E-state index is 5.86. The standard InChI is InChI=1S/C28H31BrN2O/c1-2-3-4-5-6-7-8-9-20-32-26-16-12-23(13-17-26)10-11-24-14-18-27(30-21-24)28-19-15-25(29)22-31-28/h12-19,21-22H,2-9,20H2,1H3. The first-order chi connectivity index (χ1) is 15.7. The van der Waals surface area contributed by atoms with Crippen molar-refractivity contribution in [3.05, 3.63) is 76.5 Å². The zero-order chi connectivity index (χ0) is 22.4. The van der Waals surface area contributed by atoms with Crippen LogP contribution >= 0.6 is 15.9 Å². The normalized spacial score (nSPS) is 10.4. The lowest BCUT2D eigenvalue weighted by molar-refractivity contribution is 0.304. The first-order valence-corrected chi connectivity index (χ1v) is 12.4. The summed E-state index contributed by atoms with van der Waals surface area (Å²) in [6, 6.07) is 15.8. The monoisotopic (exact) mass is 490 g/mol. The molecule has 0 atom stereocenters. The van der Waals surface area contributed by atoms with E-state index >= 15 is 0 Å². The fraction of sp³-hybridized carbons (Fsp3) is 0.357. The minimum Gasteiger partial charge on any atom is -0.494 e. The molecule has 0 radical (unpaired) electrons. The van der Waals surface area contributed by atoms with Crippen LogP contribution in [0, 0.1) is 11.8 Å². The van der Waals surface area contributed by atoms with Crippen molar-refractivity contribution in [2.75, 3.05) is 6.61 Å². The first kappa shape index (κ1) is 24.0. The van der Waals surface area contributed by atoms with Crippen LogP contribution in [0.3, 0.4) is 0 Å². The summed E-state index contributed by atoms with van der Waals surface area (Å²) >= 11 is 3.40. The van der Waals surface area contributed by atoms with E-state index in [0.717, 1.165) is 45.8 Å². The number of ether oxygens (including phenoxy) is 1. The second-order valence-corrected chi connectivity index (χ2v) is 8.81. The highest BCUT2D eigenvalue weighted by Gasteiger charge is 2.00. The lowest BCUT2D eigenvalue weighted by atomic mass is 10.1. The van der Waals surface area contributed by atoms with Gasteiger partial charge in [-0.1, -0.05) is 63.7 Å². The fourth-order valence-corrected chi connectivity index (χ4v) is 3.59. The van der Waals surface area contributed by atoms with Gasteiger partial charge >= 0.3 is 0 Å². The fourth-order valence-electron chi connectivity index (χ4n) is 3.35. The van der Waals surface area contributed by atoms with Gasteiger partial charge in [-0.3, -0.25) is 9.97 Å². The van der Waals surface area contributed by atoms with Crippen molar-refractivity contribution in [2.45, 2.75) is 58.3 Å². The van der Waals surface area contributed by atoms with Gasteiger partial charge in [0.15, 0.2) is 0 Å². The number of benzene rings is 1. The molecule has 2 aromatic heterocycles. The Hall–Kier alpha value is -2.64. The zero-order valence-corrected chi connectivity index (χ0v) is 20.4. The predicted molar refractivity (Wildman–Crippen MR) is 136 cm³/mol. The van der Waals surface area contributed by atoms with Crippen molar-refractivity contribution in [1.82, 2.24) is 9.97 Å². The highest BCUT2D eigenvalue weighted by Crippen LogP contribution is 2.17. The highest BCUT2D eigenvalue weighted by atomic mass is 79.9. The number of pyridine rings is 2. The van der Waals surface area contributed by atoms with Gasteiger partial charge in [0, 0.05) is 28.0 Å². The first-order valence-electron chi connectivity index (χ1n) is 11.6. The molecule has 0 bridgehead atoms. The lowest BCUT2D eigenvalue weighted by Gasteiger charge is -2.06. The van der Waals surface area contributed by atoms with E-state index in [2.05, 4.69) is 44.7 Å². The van der Waals surface area contributed by atoms with E-state index in [-0.39, 0.29) is 0 Å². The Bertz CT molecular complexity index is 987. The van der Waals surface area contributed by atoms with E-state index < -0.39 is 0 Å². The molecule has 0 unspecified atom stereocenters. The summed E-state index contributed by atoms with van der Waals surface area (Å²) in [6.45, 7) is 3.04. The average molecular weight is 491 g/mol. The van der Waals surface area contributed by atoms with Crippen LogP contribution in [0.25, 0.3) is 11.4 Å². The molecule has 3 aromatic rings. The predicted octanol–water partition coefficient (Wildman–Crippen LogP) is 7.83. The second kappa shape index (κ2) is 13.7. The number of nitrogens with zero attached hydrogens (tertiary/aromatic N) is 2. The molecule has 0 aliphatic rings. The van der Waals surface area contributed by atoms with Gasteiger partial charge in [-0.05, 0) is 70.9 Å². The SMILES string of the molecule is CCCCCCCCCCOc1ccc(C#Cc2ccc(-c3ccc(Br)cn3)nc2)cc1. The Morgan fingerprint density at radius 3 is 1.91 bits per heavy atom. The zero-order valence-electron chi connectivity index (χ0n) is 18.8. The molecule has 32 heavy (non-hydrogen) atoms. The minimum absolute atomic E-state index is 0.783. The molecule has 0 N–H and O–H groups in total. The maximum atomic E-state index is 5.86. The van der Waals surface area contributed by atoms with Gasteiger partial charge in [-0.2, -0.15) is 0 Å². The Balaban J connectivity index is 1.41. The Kier molecular flexibility index (Phi) is 10.3. The molecular weight excluding hydrogens is 460 g/mol. The number of hydrogen-bond acceptors (Lipinski definition) is 3. The number of rotatable bonds is 11. The quantitative estimate of drug-likeness (QED) is 0.203. The molecule has 2 heterocycles. The molecule has 3 nitrogen and oxygen atoms in total. The Morgan fingerprint density at radius 2 is 1.28 bits per heavy atom. The van der Waals surface area contributed by atoms with Gasteiger partial charge in [0.2, 0.25) is 0 Å². The van der Waals surface area contributed by atoms with Crippen LogP contribution in [0.4, 0.5) is 0 Å². The van der Waals surface area contributed by atoms with Gasteiger partial charge in [-0.25, -0.2) is 0 Å². The van der Waals surface area contributed by atoms with Crippen molar-refractivity contribution < 1.29 is 4.74 Å². The van der Waals surface area contributed by atoms with Crippen LogP contribution in [-0.2, 0) is 0 Å². The molecule has 0 aliphatic heterocycles. The third-order valence-corrected chi connectivity index (χ3v) is 5.69. The van der Waals surface area contributed by atoms with Gasteiger partial charge in [0.05, 0.1) is 18.0 Å². The lowest BCUT2D eigenvalue weighted by Crippen LogP contribution is -1.97. The highest BCUT2D eigenvalue weighted by molar-refractivity contribution is 9.10. The van der Waals surface area contributed by atoms with E-state index in [0.29, 0.717) is 0 Å². The van der Waals surface area contributed by atoms with E-state index in [1.807, 2.05) is 48.5 Å². The molecule has 0 saturated heterocycles. The molecule has 0 saturated carbocycles. The summed E-state index contributed by atoms with van der Waals surface area (Å²) in [5, 5.41) is 0. The van der Waals surface area contributed by atoms with Crippen LogP contribution in [0.15, 0.2) is 65.4 Å². The minimum atomic E-state index is 0.783. The van der Waals surface area contributed by atoms with Crippen molar-refractivity contribution in [3.63, 3.8) is 0 Å². The van der Waals surface area contributed by atoms with Gasteiger partial charge in [-0.15, -0.1) is 0 Å². The van der Waals surface area contributed by atoms with E-state index in [1.54, 1.807) is 12.4 Å². The van der Waals surface area contributed by atoms with Gasteiger partial charge in [0.1, 0.15) is 5.75 Å². The summed E-state index contributed by atoms with van der Waals surface area (Å²) in [6.07, 6.45) is 14.0. The molecule has 4 heteroatoms. The van der Waals surface area contributed by atoms with Crippen LogP contribution in [0.5, 0.6) is 5.75 Å². The van der Waals surface area contributed by atoms with Crippen molar-refractivity contribution in [3.8, 4) is 29.0 Å². The van der Waals surface area contributed by atoms with Crippen LogP contribution in [-0.4, -0.2) is 16.6 Å². The van der Waals surface area contributed by atoms with Crippen molar-refractivity contribution >= 4 is 15.9 Å². The summed E-state index contributed by atoms with van der Waals surface area (Å²) < 4.78 is 6.82. The molecule has 166 valence electrons. The van der Waals surface area contributed by atoms with E-state index in [4.69, 9.17) is 4.74 Å². The third kappa shape index (κ3) is 8.48. The summed E-state index contributed by atoms with van der Waals surface area (Å²) in [7, 11) is 0. The average Bonchev–Trinajstić information content (AvgIpc) is 2.83. The van der Waals surface area contributed by atoms with Crippen LogP contribution in [0.2, 0.25) is 0 Å². The number of hydrogen-bond donors (Lipinski definition) is 0. The molecule has 0 fully saturated rings. The molecule has 1 aromatic carbocycles. The largest absolute Gasteiger partial charge is 0.494 e. The molecule has 0 aliphatic carbocycles. The van der Waals surface area contributed by atoms with Crippen LogP contribution in [0.1, 0.15) is 69.4 Å². The van der Waals surface area contributed by atoms with Crippen molar-refractivity contribution in [1.29, 1.82) is 0 Å². The molecular formula is C28H31BrN2O. The second-order valence-electron chi connectivity index (χ2n) is 7.89. The smallest absolute Gasteiger partial charge is 0.119 e. The number of aromatic nitrogens is 2. The Morgan fingerprint density at radius 1 is 0.688 bits per heavy atom. The number of halogens is 1. The van der Waals surface area contributed by atoms with Gasteiger partial charge in [0.25, 0.3) is 0 Å². The van der Waals surface area contributed by atoms with E-state index in [1.165, 1.54) is 44.9 Å².